The fourth-order valence-electron chi connectivity index (χ4n) is 0.421. The highest BCUT2D eigenvalue weighted by Crippen LogP contribution is 1.82. The van der Waals surface area contributed by atoms with Crippen LogP contribution in [0.3, 0.4) is 0 Å². The van der Waals surface area contributed by atoms with Gasteiger partial charge < -0.3 is 15.8 Å². The third-order valence-corrected chi connectivity index (χ3v) is 1.04. The number of carbonyl (C=O) groups is 2. The lowest BCUT2D eigenvalue weighted by atomic mass is 10.3. The molecule has 0 aromatic rings. The van der Waals surface area contributed by atoms with Gasteiger partial charge in [-0.1, -0.05) is 0 Å². The number of hydrogen-bond acceptors (Lipinski definition) is 3. The van der Waals surface area contributed by atoms with Gasteiger partial charge in [-0.2, -0.15) is 0 Å². The monoisotopic (exact) mass is 160 g/mol. The Morgan fingerprint density at radius 1 is 1.64 bits per heavy atom. The molecule has 0 saturated carbocycles. The maximum absolute atomic E-state index is 10.6. The zero-order valence-electron chi connectivity index (χ0n) is 6.59. The lowest BCUT2D eigenvalue weighted by Crippen LogP contribution is -2.42. The maximum Gasteiger partial charge on any atom is 0.407 e. The molecular weight excluding hydrogens is 148 g/mol. The maximum atomic E-state index is 10.6. The topological polar surface area (TPSA) is 81.4 Å². The third kappa shape index (κ3) is 4.19. The van der Waals surface area contributed by atoms with Gasteiger partial charge >= 0.3 is 6.09 Å². The summed E-state index contributed by atoms with van der Waals surface area (Å²) in [6.07, 6.45) is -0.626. The number of rotatable bonds is 3. The third-order valence-electron chi connectivity index (χ3n) is 1.04. The van der Waals surface area contributed by atoms with Gasteiger partial charge in [-0.15, -0.1) is 0 Å². The van der Waals surface area contributed by atoms with Gasteiger partial charge in [0.15, 0.2) is 0 Å². The molecule has 0 saturated heterocycles. The van der Waals surface area contributed by atoms with Crippen molar-refractivity contribution in [3.05, 3.63) is 0 Å². The van der Waals surface area contributed by atoms with E-state index in [1.807, 2.05) is 0 Å². The average molecular weight is 160 g/mol. The summed E-state index contributed by atoms with van der Waals surface area (Å²) in [7, 11) is 0. The van der Waals surface area contributed by atoms with Crippen LogP contribution in [0.4, 0.5) is 4.79 Å². The lowest BCUT2D eigenvalue weighted by Gasteiger charge is -2.08. The zero-order chi connectivity index (χ0) is 8.85. The summed E-state index contributed by atoms with van der Waals surface area (Å²) in [5.41, 5.74) is 4.87. The van der Waals surface area contributed by atoms with Crippen LogP contribution < -0.4 is 11.1 Å². The molecule has 0 aromatic carbocycles. The van der Waals surface area contributed by atoms with Crippen molar-refractivity contribution in [2.24, 2.45) is 5.73 Å². The molecule has 0 aromatic heterocycles. The summed E-state index contributed by atoms with van der Waals surface area (Å²) in [5, 5.41) is 2.24. The number of primary amides is 1. The van der Waals surface area contributed by atoms with E-state index in [-0.39, 0.29) is 6.61 Å². The zero-order valence-corrected chi connectivity index (χ0v) is 6.59. The molecule has 0 rings (SSSR count). The molecule has 2 amide bonds. The fourth-order valence-corrected chi connectivity index (χ4v) is 0.421. The first-order chi connectivity index (χ1) is 5.07. The molecule has 0 fully saturated rings. The van der Waals surface area contributed by atoms with Crippen molar-refractivity contribution in [3.63, 3.8) is 0 Å². The number of alkyl carbamates (subject to hydrolysis) is 1. The second-order valence-electron chi connectivity index (χ2n) is 1.99. The van der Waals surface area contributed by atoms with E-state index in [0.717, 1.165) is 0 Å². The van der Waals surface area contributed by atoms with Crippen LogP contribution in [0.2, 0.25) is 0 Å². The Balaban J connectivity index is 3.66. The number of hydrogen-bond donors (Lipinski definition) is 2. The van der Waals surface area contributed by atoms with E-state index >= 15 is 0 Å². The average Bonchev–Trinajstić information content (AvgIpc) is 1.87. The SMILES string of the molecule is CCOC(=O)N[C@H](C)C(N)=O. The van der Waals surface area contributed by atoms with Crippen LogP contribution in [0.25, 0.3) is 0 Å². The molecular formula is C6H12N2O3. The molecule has 0 bridgehead atoms. The van der Waals surface area contributed by atoms with Crippen molar-refractivity contribution in [2.75, 3.05) is 6.61 Å². The molecule has 0 unspecified atom stereocenters. The minimum atomic E-state index is -0.686. The van der Waals surface area contributed by atoms with Crippen LogP contribution in [0, 0.1) is 0 Å². The highest BCUT2D eigenvalue weighted by molar-refractivity contribution is 5.83. The molecule has 0 aliphatic heterocycles. The standard InChI is InChI=1S/C6H12N2O3/c1-3-11-6(10)8-4(2)5(7)9/h4H,3H2,1-2H3,(H2,7,9)(H,8,10)/t4-/m1/s1. The van der Waals surface area contributed by atoms with Crippen molar-refractivity contribution >= 4 is 12.0 Å². The first-order valence-corrected chi connectivity index (χ1v) is 3.30. The number of nitrogens with two attached hydrogens (primary N) is 1. The Bertz CT molecular complexity index is 158. The minimum Gasteiger partial charge on any atom is -0.450 e. The van der Waals surface area contributed by atoms with Crippen molar-refractivity contribution in [1.82, 2.24) is 5.32 Å². The van der Waals surface area contributed by atoms with Crippen LogP contribution in [-0.2, 0) is 9.53 Å². The molecule has 64 valence electrons. The molecule has 5 heteroatoms. The van der Waals surface area contributed by atoms with Crippen molar-refractivity contribution < 1.29 is 14.3 Å². The Morgan fingerprint density at radius 2 is 2.18 bits per heavy atom. The number of nitrogens with one attached hydrogen (secondary N) is 1. The van der Waals surface area contributed by atoms with Crippen LogP contribution in [0.15, 0.2) is 0 Å². The predicted octanol–water partition coefficient (Wildman–Crippen LogP) is -0.394. The van der Waals surface area contributed by atoms with Crippen LogP contribution in [0.1, 0.15) is 13.8 Å². The van der Waals surface area contributed by atoms with Gasteiger partial charge in [0, 0.05) is 0 Å². The fraction of sp³-hybridized carbons (Fsp3) is 0.667. The molecule has 1 atom stereocenters. The Hall–Kier alpha value is -1.26. The highest BCUT2D eigenvalue weighted by atomic mass is 16.5. The van der Waals surface area contributed by atoms with Gasteiger partial charge in [-0.3, -0.25) is 4.79 Å². The summed E-state index contributed by atoms with van der Waals surface area (Å²) in [6.45, 7) is 3.44. The van der Waals surface area contributed by atoms with E-state index in [4.69, 9.17) is 5.73 Å². The van der Waals surface area contributed by atoms with Gasteiger partial charge in [0.2, 0.25) is 5.91 Å². The van der Waals surface area contributed by atoms with E-state index in [2.05, 4.69) is 10.1 Å². The summed E-state index contributed by atoms with van der Waals surface area (Å²) in [4.78, 5) is 21.0. The van der Waals surface area contributed by atoms with Gasteiger partial charge in [0.05, 0.1) is 6.61 Å². The predicted molar refractivity (Wildman–Crippen MR) is 38.8 cm³/mol. The van der Waals surface area contributed by atoms with E-state index < -0.39 is 18.0 Å². The van der Waals surface area contributed by atoms with Crippen LogP contribution in [0.5, 0.6) is 0 Å². The van der Waals surface area contributed by atoms with Crippen molar-refractivity contribution in [2.45, 2.75) is 19.9 Å². The lowest BCUT2D eigenvalue weighted by molar-refractivity contribution is -0.119. The van der Waals surface area contributed by atoms with E-state index in [1.54, 1.807) is 6.92 Å². The molecule has 3 N–H and O–H groups in total. The first-order valence-electron chi connectivity index (χ1n) is 3.30. The summed E-state index contributed by atoms with van der Waals surface area (Å²) in [5.74, 6) is -0.585. The number of ether oxygens (including phenoxy) is 1. The summed E-state index contributed by atoms with van der Waals surface area (Å²) in [6, 6.07) is -0.686. The Kier molecular flexibility index (Phi) is 4.02. The van der Waals surface area contributed by atoms with Gasteiger partial charge in [0.1, 0.15) is 6.04 Å². The Morgan fingerprint density at radius 3 is 2.55 bits per heavy atom. The molecule has 11 heavy (non-hydrogen) atoms. The number of amides is 2. The first kappa shape index (κ1) is 9.74. The van der Waals surface area contributed by atoms with Gasteiger partial charge in [-0.25, -0.2) is 4.79 Å². The van der Waals surface area contributed by atoms with Crippen LogP contribution in [-0.4, -0.2) is 24.6 Å². The second kappa shape index (κ2) is 4.54. The normalized spacial score (nSPS) is 11.8. The molecule has 0 heterocycles. The molecule has 0 aliphatic rings. The van der Waals surface area contributed by atoms with E-state index in [0.29, 0.717) is 0 Å². The molecule has 0 radical (unpaired) electrons. The van der Waals surface area contributed by atoms with Gasteiger partial charge in [0.25, 0.3) is 0 Å². The second-order valence-corrected chi connectivity index (χ2v) is 1.99. The Labute approximate surface area is 64.9 Å². The molecule has 5 nitrogen and oxygen atoms in total. The smallest absolute Gasteiger partial charge is 0.407 e. The number of carbonyl (C=O) groups excluding carboxylic acids is 2. The van der Waals surface area contributed by atoms with Crippen LogP contribution >= 0.6 is 0 Å². The highest BCUT2D eigenvalue weighted by Gasteiger charge is 2.11. The summed E-state index contributed by atoms with van der Waals surface area (Å²) >= 11 is 0. The molecule has 0 aliphatic carbocycles. The largest absolute Gasteiger partial charge is 0.450 e. The van der Waals surface area contributed by atoms with Crippen molar-refractivity contribution in [3.8, 4) is 0 Å². The molecule has 0 spiro atoms. The quantitative estimate of drug-likeness (QED) is 0.589. The van der Waals surface area contributed by atoms with E-state index in [9.17, 15) is 9.59 Å². The minimum absolute atomic E-state index is 0.275. The van der Waals surface area contributed by atoms with Gasteiger partial charge in [-0.05, 0) is 13.8 Å². The van der Waals surface area contributed by atoms with Crippen molar-refractivity contribution in [1.29, 1.82) is 0 Å². The summed E-state index contributed by atoms with van der Waals surface area (Å²) < 4.78 is 4.50. The van der Waals surface area contributed by atoms with E-state index in [1.165, 1.54) is 6.92 Å².